The van der Waals surface area contributed by atoms with Crippen molar-refractivity contribution in [3.05, 3.63) is 88.9 Å². The van der Waals surface area contributed by atoms with E-state index in [1.54, 1.807) is 36.4 Å². The third-order valence-corrected chi connectivity index (χ3v) is 9.08. The number of hydrogen-bond acceptors (Lipinski definition) is 6. The summed E-state index contributed by atoms with van der Waals surface area (Å²) >= 11 is 6.28. The summed E-state index contributed by atoms with van der Waals surface area (Å²) in [7, 11) is -3.91. The first-order valence-electron chi connectivity index (χ1n) is 14.4. The van der Waals surface area contributed by atoms with Crippen LogP contribution >= 0.6 is 11.6 Å². The van der Waals surface area contributed by atoms with Crippen LogP contribution in [0.2, 0.25) is 5.02 Å². The third-order valence-electron chi connectivity index (χ3n) is 7.71. The first-order chi connectivity index (χ1) is 20.7. The molecule has 1 aliphatic heterocycles. The van der Waals surface area contributed by atoms with Crippen LogP contribution < -0.4 is 19.1 Å². The largest absolute Gasteiger partial charge is 0.486 e. The van der Waals surface area contributed by atoms with Crippen molar-refractivity contribution in [1.82, 2.24) is 10.2 Å². The highest BCUT2D eigenvalue weighted by atomic mass is 35.5. The number of carbonyl (C=O) groups excluding carboxylic acids is 2. The van der Waals surface area contributed by atoms with Crippen molar-refractivity contribution in [2.45, 2.75) is 50.7 Å². The maximum Gasteiger partial charge on any atom is 0.244 e. The summed E-state index contributed by atoms with van der Waals surface area (Å²) in [4.78, 5) is 29.7. The maximum absolute atomic E-state index is 14.3. The molecule has 43 heavy (non-hydrogen) atoms. The second-order valence-corrected chi connectivity index (χ2v) is 13.3. The van der Waals surface area contributed by atoms with Crippen LogP contribution in [0.3, 0.4) is 0 Å². The van der Waals surface area contributed by atoms with E-state index in [0.29, 0.717) is 29.7 Å². The van der Waals surface area contributed by atoms with E-state index < -0.39 is 28.5 Å². The summed E-state index contributed by atoms with van der Waals surface area (Å²) in [5, 5.41) is 3.65. The highest BCUT2D eigenvalue weighted by molar-refractivity contribution is 7.92. The topological polar surface area (TPSA) is 105 Å². The lowest BCUT2D eigenvalue weighted by Gasteiger charge is -2.34. The van der Waals surface area contributed by atoms with Gasteiger partial charge in [0.15, 0.2) is 11.5 Å². The second kappa shape index (κ2) is 13.7. The van der Waals surface area contributed by atoms with Gasteiger partial charge in [-0.3, -0.25) is 13.9 Å². The van der Waals surface area contributed by atoms with Gasteiger partial charge < -0.3 is 19.7 Å². The zero-order valence-corrected chi connectivity index (χ0v) is 25.6. The van der Waals surface area contributed by atoms with Gasteiger partial charge in [0.25, 0.3) is 0 Å². The molecule has 1 fully saturated rings. The van der Waals surface area contributed by atoms with Crippen molar-refractivity contribution in [2.75, 3.05) is 30.3 Å². The van der Waals surface area contributed by atoms with Crippen molar-refractivity contribution in [2.24, 2.45) is 0 Å². The molecule has 2 aliphatic rings. The molecular weight excluding hydrogens is 590 g/mol. The lowest BCUT2D eigenvalue weighted by atomic mass is 10.0. The lowest BCUT2D eigenvalue weighted by Crippen LogP contribution is -2.54. The Hall–Kier alpha value is -3.76. The summed E-state index contributed by atoms with van der Waals surface area (Å²) in [6.07, 6.45) is 5.16. The highest BCUT2D eigenvalue weighted by Gasteiger charge is 2.34. The number of fused-ring (bicyclic) bond motifs is 1. The van der Waals surface area contributed by atoms with Gasteiger partial charge in [-0.25, -0.2) is 8.42 Å². The van der Waals surface area contributed by atoms with Crippen LogP contribution in [-0.2, 0) is 32.6 Å². The van der Waals surface area contributed by atoms with Crippen molar-refractivity contribution in [3.63, 3.8) is 0 Å². The van der Waals surface area contributed by atoms with Crippen LogP contribution in [0.25, 0.3) is 0 Å². The van der Waals surface area contributed by atoms with Gasteiger partial charge in [0.05, 0.1) is 11.9 Å². The summed E-state index contributed by atoms with van der Waals surface area (Å²) in [5.74, 6) is 0.113. The summed E-state index contributed by atoms with van der Waals surface area (Å²) < 4.78 is 38.4. The number of hydrogen-bond donors (Lipinski definition) is 1. The molecule has 5 rings (SSSR count). The Labute approximate surface area is 257 Å². The molecule has 0 radical (unpaired) electrons. The van der Waals surface area contributed by atoms with Crippen LogP contribution in [-0.4, -0.2) is 63.2 Å². The van der Waals surface area contributed by atoms with E-state index in [9.17, 15) is 18.0 Å². The van der Waals surface area contributed by atoms with E-state index in [0.717, 1.165) is 47.4 Å². The first kappa shape index (κ1) is 30.7. The summed E-state index contributed by atoms with van der Waals surface area (Å²) in [5.41, 5.74) is 1.86. The molecule has 9 nitrogen and oxygen atoms in total. The molecule has 1 atom stereocenters. The average molecular weight is 626 g/mol. The molecule has 0 spiro atoms. The molecule has 0 aromatic heterocycles. The van der Waals surface area contributed by atoms with E-state index in [1.165, 1.54) is 4.90 Å². The number of nitrogens with zero attached hydrogens (tertiary/aromatic N) is 2. The Morgan fingerprint density at radius 1 is 0.930 bits per heavy atom. The number of halogens is 1. The van der Waals surface area contributed by atoms with E-state index in [-0.39, 0.29) is 30.6 Å². The predicted octanol–water partition coefficient (Wildman–Crippen LogP) is 4.58. The summed E-state index contributed by atoms with van der Waals surface area (Å²) in [6, 6.07) is 20.5. The molecule has 2 amide bonds. The van der Waals surface area contributed by atoms with Gasteiger partial charge in [-0.15, -0.1) is 0 Å². The number of amides is 2. The Balaban J connectivity index is 1.50. The standard InChI is InChI=1S/C32H36ClN3O6S/c1-43(39,40)36(27-14-15-29-30(20-27)42-17-16-41-29)22-31(37)35(21-24-10-7-11-25(33)18-24)28(19-23-8-3-2-4-9-23)32(38)34-26-12-5-6-13-26/h2-4,7-11,14-15,18,20,26,28H,5-6,12-13,16-17,19,21-22H2,1H3,(H,34,38). The van der Waals surface area contributed by atoms with Gasteiger partial charge in [-0.2, -0.15) is 0 Å². The van der Waals surface area contributed by atoms with Gasteiger partial charge in [0.2, 0.25) is 21.8 Å². The monoisotopic (exact) mass is 625 g/mol. The van der Waals surface area contributed by atoms with Crippen molar-refractivity contribution in [1.29, 1.82) is 0 Å². The van der Waals surface area contributed by atoms with Crippen LogP contribution in [0.4, 0.5) is 5.69 Å². The molecule has 1 unspecified atom stereocenters. The van der Waals surface area contributed by atoms with Gasteiger partial charge in [0, 0.05) is 30.1 Å². The SMILES string of the molecule is CS(=O)(=O)N(CC(=O)N(Cc1cccc(Cl)c1)C(Cc1ccccc1)C(=O)NC1CCCC1)c1ccc2c(c1)OCCO2. The van der Waals surface area contributed by atoms with E-state index in [1.807, 2.05) is 36.4 Å². The van der Waals surface area contributed by atoms with Crippen molar-refractivity contribution >= 4 is 39.1 Å². The van der Waals surface area contributed by atoms with Gasteiger partial charge >= 0.3 is 0 Å². The number of benzene rings is 3. The normalized spacial score (nSPS) is 15.5. The molecule has 228 valence electrons. The predicted molar refractivity (Wildman–Crippen MR) is 166 cm³/mol. The lowest BCUT2D eigenvalue weighted by molar-refractivity contribution is -0.140. The van der Waals surface area contributed by atoms with Gasteiger partial charge in [-0.05, 0) is 48.2 Å². The molecule has 0 bridgehead atoms. The molecule has 1 saturated carbocycles. The highest BCUT2D eigenvalue weighted by Crippen LogP contribution is 2.35. The molecule has 11 heteroatoms. The maximum atomic E-state index is 14.3. The van der Waals surface area contributed by atoms with Crippen LogP contribution in [0.15, 0.2) is 72.8 Å². The molecule has 0 saturated heterocycles. The number of carbonyl (C=O) groups is 2. The summed E-state index contributed by atoms with van der Waals surface area (Å²) in [6.45, 7) is 0.276. The Bertz CT molecular complexity index is 1550. The number of nitrogens with one attached hydrogen (secondary N) is 1. The van der Waals surface area contributed by atoms with Crippen LogP contribution in [0.1, 0.15) is 36.8 Å². The minimum Gasteiger partial charge on any atom is -0.486 e. The average Bonchev–Trinajstić information content (AvgIpc) is 3.50. The number of rotatable bonds is 11. The molecular formula is C32H36ClN3O6S. The molecule has 1 aliphatic carbocycles. The van der Waals surface area contributed by atoms with Crippen molar-refractivity contribution in [3.8, 4) is 11.5 Å². The second-order valence-electron chi connectivity index (χ2n) is 10.9. The van der Waals surface area contributed by atoms with Crippen molar-refractivity contribution < 1.29 is 27.5 Å². The molecule has 3 aromatic carbocycles. The minimum atomic E-state index is -3.91. The van der Waals surface area contributed by atoms with Gasteiger partial charge in [-0.1, -0.05) is 66.9 Å². The molecule has 1 heterocycles. The quantitative estimate of drug-likeness (QED) is 0.335. The smallest absolute Gasteiger partial charge is 0.244 e. The fraction of sp³-hybridized carbons (Fsp3) is 0.375. The Kier molecular flexibility index (Phi) is 9.77. The zero-order valence-electron chi connectivity index (χ0n) is 24.1. The molecule has 1 N–H and O–H groups in total. The van der Waals surface area contributed by atoms with Crippen LogP contribution in [0, 0.1) is 0 Å². The molecule has 3 aromatic rings. The first-order valence-corrected chi connectivity index (χ1v) is 16.7. The number of sulfonamides is 1. The zero-order chi connectivity index (χ0) is 30.4. The number of anilines is 1. The fourth-order valence-electron chi connectivity index (χ4n) is 5.55. The number of ether oxygens (including phenoxy) is 2. The van der Waals surface area contributed by atoms with E-state index in [2.05, 4.69) is 5.32 Å². The Morgan fingerprint density at radius 2 is 1.63 bits per heavy atom. The fourth-order valence-corrected chi connectivity index (χ4v) is 6.61. The third kappa shape index (κ3) is 8.00. The van der Waals surface area contributed by atoms with E-state index >= 15 is 0 Å². The van der Waals surface area contributed by atoms with Crippen LogP contribution in [0.5, 0.6) is 11.5 Å². The van der Waals surface area contributed by atoms with Gasteiger partial charge in [0.1, 0.15) is 25.8 Å². The minimum absolute atomic E-state index is 0.0409. The van der Waals surface area contributed by atoms with E-state index in [4.69, 9.17) is 21.1 Å². The Morgan fingerprint density at radius 3 is 2.33 bits per heavy atom.